The van der Waals surface area contributed by atoms with E-state index in [-0.39, 0.29) is 23.3 Å². The van der Waals surface area contributed by atoms with Gasteiger partial charge in [-0.25, -0.2) is 8.42 Å². The number of likely N-dealkylation sites (tertiary alicyclic amines) is 1. The van der Waals surface area contributed by atoms with E-state index in [1.165, 1.54) is 11.3 Å². The minimum Gasteiger partial charge on any atom is -0.348 e. The van der Waals surface area contributed by atoms with E-state index in [4.69, 9.17) is 0 Å². The number of nitrogens with zero attached hydrogens (tertiary/aromatic N) is 1. The highest BCUT2D eigenvalue weighted by atomic mass is 32.2. The van der Waals surface area contributed by atoms with Gasteiger partial charge in [-0.05, 0) is 37.6 Å². The van der Waals surface area contributed by atoms with Crippen molar-refractivity contribution in [1.82, 2.24) is 10.2 Å². The zero-order valence-corrected chi connectivity index (χ0v) is 14.6. The van der Waals surface area contributed by atoms with Crippen molar-refractivity contribution in [2.75, 3.05) is 18.1 Å². The second-order valence-corrected chi connectivity index (χ2v) is 9.66. The average Bonchev–Trinajstić information content (AvgIpc) is 3.18. The molecule has 0 radical (unpaired) electrons. The van der Waals surface area contributed by atoms with Crippen LogP contribution in [-0.2, 0) is 14.6 Å². The molecule has 2 fully saturated rings. The summed E-state index contributed by atoms with van der Waals surface area (Å²) in [5.74, 6) is -0.294. The highest BCUT2D eigenvalue weighted by Gasteiger charge is 2.42. The molecule has 6 nitrogen and oxygen atoms in total. The van der Waals surface area contributed by atoms with Gasteiger partial charge < -0.3 is 10.2 Å². The molecule has 0 aromatic carbocycles. The van der Waals surface area contributed by atoms with E-state index in [1.807, 2.05) is 11.4 Å². The van der Waals surface area contributed by atoms with Crippen molar-refractivity contribution in [3.63, 3.8) is 0 Å². The Bertz CT molecular complexity index is 714. The predicted octanol–water partition coefficient (Wildman–Crippen LogP) is 1.05. The zero-order chi connectivity index (χ0) is 16.7. The van der Waals surface area contributed by atoms with Crippen LogP contribution in [0.3, 0.4) is 0 Å². The number of hydrogen-bond donors (Lipinski definition) is 1. The van der Waals surface area contributed by atoms with Crippen molar-refractivity contribution in [3.8, 4) is 0 Å². The van der Waals surface area contributed by atoms with Crippen molar-refractivity contribution < 1.29 is 18.0 Å². The van der Waals surface area contributed by atoms with E-state index in [2.05, 4.69) is 5.32 Å². The van der Waals surface area contributed by atoms with E-state index < -0.39 is 21.4 Å². The molecule has 3 heterocycles. The number of amides is 2. The van der Waals surface area contributed by atoms with Gasteiger partial charge in [-0.3, -0.25) is 9.59 Å². The quantitative estimate of drug-likeness (QED) is 0.877. The third-order valence-electron chi connectivity index (χ3n) is 4.48. The Labute approximate surface area is 139 Å². The Kier molecular flexibility index (Phi) is 4.22. The number of carbonyl (C=O) groups excluding carboxylic acids is 2. The molecule has 3 rings (SSSR count). The topological polar surface area (TPSA) is 83.6 Å². The number of hydrogen-bond acceptors (Lipinski definition) is 5. The molecule has 1 aromatic heterocycles. The summed E-state index contributed by atoms with van der Waals surface area (Å²) < 4.78 is 23.3. The summed E-state index contributed by atoms with van der Waals surface area (Å²) >= 11 is 1.36. The fourth-order valence-corrected chi connectivity index (χ4v) is 6.09. The van der Waals surface area contributed by atoms with E-state index in [0.717, 1.165) is 6.42 Å². The molecule has 2 atom stereocenters. The highest BCUT2D eigenvalue weighted by molar-refractivity contribution is 7.91. The van der Waals surface area contributed by atoms with E-state index in [9.17, 15) is 18.0 Å². The summed E-state index contributed by atoms with van der Waals surface area (Å²) in [6.07, 6.45) is 1.82. The largest absolute Gasteiger partial charge is 0.348 e. The summed E-state index contributed by atoms with van der Waals surface area (Å²) in [5, 5.41) is 4.71. The van der Waals surface area contributed by atoms with Gasteiger partial charge in [0.1, 0.15) is 6.04 Å². The predicted molar refractivity (Wildman–Crippen MR) is 88.2 cm³/mol. The normalized spacial score (nSPS) is 29.6. The first kappa shape index (κ1) is 16.4. The molecule has 0 bridgehead atoms. The second kappa shape index (κ2) is 5.90. The monoisotopic (exact) mass is 356 g/mol. The van der Waals surface area contributed by atoms with Crippen molar-refractivity contribution in [1.29, 1.82) is 0 Å². The molecule has 2 amide bonds. The van der Waals surface area contributed by atoms with Gasteiger partial charge in [-0.1, -0.05) is 6.07 Å². The molecule has 0 spiro atoms. The minimum absolute atomic E-state index is 0.0304. The molecule has 126 valence electrons. The second-order valence-electron chi connectivity index (χ2n) is 6.53. The van der Waals surface area contributed by atoms with Crippen LogP contribution in [0.5, 0.6) is 0 Å². The standard InChI is InChI=1S/C15H20N2O4S2/c1-15(6-9-23(20,21)10-15)16-13(18)11-4-2-7-17(11)14(19)12-5-3-8-22-12/h3,5,8,11H,2,4,6-7,9-10H2,1H3,(H,16,18)/t11-,15+/m1/s1. The van der Waals surface area contributed by atoms with Crippen LogP contribution >= 0.6 is 11.3 Å². The maximum atomic E-state index is 12.6. The average molecular weight is 356 g/mol. The lowest BCUT2D eigenvalue weighted by Gasteiger charge is -2.29. The van der Waals surface area contributed by atoms with Crippen molar-refractivity contribution >= 4 is 33.0 Å². The lowest BCUT2D eigenvalue weighted by molar-refractivity contribution is -0.126. The van der Waals surface area contributed by atoms with Crippen LogP contribution in [0.25, 0.3) is 0 Å². The Morgan fingerprint density at radius 1 is 1.43 bits per heavy atom. The molecule has 0 saturated carbocycles. The lowest BCUT2D eigenvalue weighted by Crippen LogP contribution is -2.54. The Morgan fingerprint density at radius 3 is 2.83 bits per heavy atom. The molecule has 8 heteroatoms. The number of sulfone groups is 1. The summed E-state index contributed by atoms with van der Waals surface area (Å²) in [7, 11) is -3.08. The van der Waals surface area contributed by atoms with Gasteiger partial charge >= 0.3 is 0 Å². The maximum absolute atomic E-state index is 12.6. The molecule has 1 aromatic rings. The van der Waals surface area contributed by atoms with Crippen LogP contribution in [0.2, 0.25) is 0 Å². The van der Waals surface area contributed by atoms with Crippen LogP contribution in [0.4, 0.5) is 0 Å². The maximum Gasteiger partial charge on any atom is 0.264 e. The fourth-order valence-electron chi connectivity index (χ4n) is 3.31. The van der Waals surface area contributed by atoms with E-state index in [1.54, 1.807) is 17.9 Å². The van der Waals surface area contributed by atoms with Crippen LogP contribution in [-0.4, -0.2) is 54.8 Å². The first-order valence-corrected chi connectivity index (χ1v) is 10.4. The van der Waals surface area contributed by atoms with E-state index in [0.29, 0.717) is 24.3 Å². The van der Waals surface area contributed by atoms with Gasteiger partial charge in [0.05, 0.1) is 21.9 Å². The number of nitrogens with one attached hydrogen (secondary N) is 1. The van der Waals surface area contributed by atoms with E-state index >= 15 is 0 Å². The smallest absolute Gasteiger partial charge is 0.264 e. The molecule has 2 aliphatic heterocycles. The van der Waals surface area contributed by atoms with Gasteiger partial charge in [-0.15, -0.1) is 11.3 Å². The lowest BCUT2D eigenvalue weighted by atomic mass is 10.0. The summed E-state index contributed by atoms with van der Waals surface area (Å²) in [4.78, 5) is 27.3. The van der Waals surface area contributed by atoms with Crippen LogP contribution in [0, 0.1) is 0 Å². The highest BCUT2D eigenvalue weighted by Crippen LogP contribution is 2.26. The Hall–Kier alpha value is -1.41. The molecular weight excluding hydrogens is 336 g/mol. The fraction of sp³-hybridized carbons (Fsp3) is 0.600. The number of rotatable bonds is 3. The molecule has 2 aliphatic rings. The molecule has 23 heavy (non-hydrogen) atoms. The van der Waals surface area contributed by atoms with Gasteiger partial charge in [0, 0.05) is 6.54 Å². The van der Waals surface area contributed by atoms with Crippen molar-refractivity contribution in [2.24, 2.45) is 0 Å². The number of thiophene rings is 1. The first-order chi connectivity index (χ1) is 10.8. The third kappa shape index (κ3) is 3.42. The Balaban J connectivity index is 1.70. The van der Waals surface area contributed by atoms with Gasteiger partial charge in [0.15, 0.2) is 9.84 Å². The van der Waals surface area contributed by atoms with Gasteiger partial charge in [0.25, 0.3) is 5.91 Å². The molecular formula is C15H20N2O4S2. The minimum atomic E-state index is -3.08. The van der Waals surface area contributed by atoms with Crippen LogP contribution < -0.4 is 5.32 Å². The first-order valence-electron chi connectivity index (χ1n) is 7.67. The third-order valence-corrected chi connectivity index (χ3v) is 7.24. The summed E-state index contributed by atoms with van der Waals surface area (Å²) in [6.45, 7) is 2.32. The number of carbonyl (C=O) groups is 2. The van der Waals surface area contributed by atoms with Crippen LogP contribution in [0.15, 0.2) is 17.5 Å². The molecule has 2 saturated heterocycles. The molecule has 0 aliphatic carbocycles. The van der Waals surface area contributed by atoms with Crippen molar-refractivity contribution in [3.05, 3.63) is 22.4 Å². The molecule has 0 unspecified atom stereocenters. The van der Waals surface area contributed by atoms with Crippen molar-refractivity contribution in [2.45, 2.75) is 37.8 Å². The summed E-state index contributed by atoms with van der Waals surface area (Å²) in [6, 6.07) is 3.06. The molecule has 1 N–H and O–H groups in total. The van der Waals surface area contributed by atoms with Gasteiger partial charge in [-0.2, -0.15) is 0 Å². The zero-order valence-electron chi connectivity index (χ0n) is 12.9. The van der Waals surface area contributed by atoms with Gasteiger partial charge in [0.2, 0.25) is 5.91 Å². The van der Waals surface area contributed by atoms with Crippen LogP contribution in [0.1, 0.15) is 35.9 Å². The Morgan fingerprint density at radius 2 is 2.22 bits per heavy atom. The SMILES string of the molecule is C[C@]1(NC(=O)[C@H]2CCCN2C(=O)c2cccs2)CCS(=O)(=O)C1. The summed E-state index contributed by atoms with van der Waals surface area (Å²) in [5.41, 5.74) is -0.726.